The smallest absolute Gasteiger partial charge is 0.240 e. The molecule has 1 aromatic rings. The van der Waals surface area contributed by atoms with Crippen molar-refractivity contribution in [2.45, 2.75) is 42.4 Å². The Kier molecular flexibility index (Phi) is 6.10. The standard InChI is InChI=1S/C15H24N2O2S2/c1-12(16-2)13-6-8-15(9-7-13)21(18,19)17-11-14-5-3-4-10-20-14/h6-9,12,14,16-17H,3-5,10-11H2,1-2H3. The summed E-state index contributed by atoms with van der Waals surface area (Å²) >= 11 is 1.87. The SMILES string of the molecule is CNC(C)c1ccc(S(=O)(=O)NCC2CCCCS2)cc1. The summed E-state index contributed by atoms with van der Waals surface area (Å²) in [5.41, 5.74) is 1.08. The first-order chi connectivity index (χ1) is 10.0. The van der Waals surface area contributed by atoms with Gasteiger partial charge in [0.15, 0.2) is 0 Å². The molecular formula is C15H24N2O2S2. The molecule has 0 spiro atoms. The number of hydrogen-bond donors (Lipinski definition) is 2. The van der Waals surface area contributed by atoms with Gasteiger partial charge in [-0.1, -0.05) is 18.6 Å². The van der Waals surface area contributed by atoms with Gasteiger partial charge < -0.3 is 5.32 Å². The molecule has 0 saturated carbocycles. The number of thioether (sulfide) groups is 1. The Morgan fingerprint density at radius 1 is 1.29 bits per heavy atom. The van der Waals surface area contributed by atoms with Gasteiger partial charge in [0.05, 0.1) is 4.90 Å². The summed E-state index contributed by atoms with van der Waals surface area (Å²) in [6.45, 7) is 2.57. The predicted octanol–water partition coefficient (Wildman–Crippen LogP) is 2.53. The highest BCUT2D eigenvalue weighted by Crippen LogP contribution is 2.24. The third-order valence-electron chi connectivity index (χ3n) is 3.90. The van der Waals surface area contributed by atoms with Crippen molar-refractivity contribution in [1.29, 1.82) is 0 Å². The van der Waals surface area contributed by atoms with Crippen LogP contribution in [0.15, 0.2) is 29.2 Å². The lowest BCUT2D eigenvalue weighted by Crippen LogP contribution is -2.32. The van der Waals surface area contributed by atoms with E-state index in [0.29, 0.717) is 16.7 Å². The molecule has 6 heteroatoms. The van der Waals surface area contributed by atoms with Crippen LogP contribution >= 0.6 is 11.8 Å². The molecule has 1 aliphatic rings. The van der Waals surface area contributed by atoms with Gasteiger partial charge in [-0.05, 0) is 50.3 Å². The van der Waals surface area contributed by atoms with E-state index in [1.165, 1.54) is 12.8 Å². The van der Waals surface area contributed by atoms with E-state index in [2.05, 4.69) is 10.0 Å². The van der Waals surface area contributed by atoms with Crippen molar-refractivity contribution in [3.8, 4) is 0 Å². The quantitative estimate of drug-likeness (QED) is 0.842. The zero-order chi connectivity index (χ0) is 15.3. The van der Waals surface area contributed by atoms with Crippen molar-refractivity contribution in [3.05, 3.63) is 29.8 Å². The van der Waals surface area contributed by atoms with Gasteiger partial charge in [0.1, 0.15) is 0 Å². The van der Waals surface area contributed by atoms with Gasteiger partial charge in [0, 0.05) is 17.8 Å². The lowest BCUT2D eigenvalue weighted by Gasteiger charge is -2.21. The Morgan fingerprint density at radius 3 is 2.57 bits per heavy atom. The summed E-state index contributed by atoms with van der Waals surface area (Å²) in [6, 6.07) is 7.31. The van der Waals surface area contributed by atoms with Gasteiger partial charge >= 0.3 is 0 Å². The maximum absolute atomic E-state index is 12.3. The molecule has 2 N–H and O–H groups in total. The normalized spacial score (nSPS) is 21.1. The zero-order valence-electron chi connectivity index (χ0n) is 12.6. The molecule has 2 unspecified atom stereocenters. The molecule has 0 radical (unpaired) electrons. The van der Waals surface area contributed by atoms with Crippen LogP contribution in [-0.2, 0) is 10.0 Å². The molecule has 118 valence electrons. The Balaban J connectivity index is 1.98. The molecule has 0 aromatic heterocycles. The Morgan fingerprint density at radius 2 is 2.00 bits per heavy atom. The van der Waals surface area contributed by atoms with Crippen LogP contribution in [0.3, 0.4) is 0 Å². The first kappa shape index (κ1) is 16.8. The lowest BCUT2D eigenvalue weighted by molar-refractivity contribution is 0.573. The predicted molar refractivity (Wildman–Crippen MR) is 89.2 cm³/mol. The van der Waals surface area contributed by atoms with E-state index in [0.717, 1.165) is 17.7 Å². The van der Waals surface area contributed by atoms with E-state index in [-0.39, 0.29) is 6.04 Å². The van der Waals surface area contributed by atoms with Crippen LogP contribution in [0, 0.1) is 0 Å². The molecule has 1 aliphatic heterocycles. The average Bonchev–Trinajstić information content (AvgIpc) is 2.53. The molecule has 1 fully saturated rings. The van der Waals surface area contributed by atoms with Gasteiger partial charge in [-0.25, -0.2) is 13.1 Å². The number of hydrogen-bond acceptors (Lipinski definition) is 4. The third kappa shape index (κ3) is 4.71. The van der Waals surface area contributed by atoms with E-state index in [1.807, 2.05) is 37.9 Å². The summed E-state index contributed by atoms with van der Waals surface area (Å²) in [4.78, 5) is 0.343. The monoisotopic (exact) mass is 328 g/mol. The van der Waals surface area contributed by atoms with E-state index in [4.69, 9.17) is 0 Å². The highest BCUT2D eigenvalue weighted by atomic mass is 32.2. The van der Waals surface area contributed by atoms with Crippen molar-refractivity contribution in [1.82, 2.24) is 10.0 Å². The fourth-order valence-electron chi connectivity index (χ4n) is 2.36. The minimum Gasteiger partial charge on any atom is -0.313 e. The van der Waals surface area contributed by atoms with Crippen LogP contribution in [0.4, 0.5) is 0 Å². The van der Waals surface area contributed by atoms with E-state index in [9.17, 15) is 8.42 Å². The summed E-state index contributed by atoms with van der Waals surface area (Å²) in [5, 5.41) is 3.55. The van der Waals surface area contributed by atoms with Gasteiger partial charge in [-0.15, -0.1) is 0 Å². The van der Waals surface area contributed by atoms with E-state index < -0.39 is 10.0 Å². The molecule has 21 heavy (non-hydrogen) atoms. The van der Waals surface area contributed by atoms with Crippen LogP contribution < -0.4 is 10.0 Å². The maximum Gasteiger partial charge on any atom is 0.240 e. The molecule has 1 aromatic carbocycles. The van der Waals surface area contributed by atoms with Gasteiger partial charge in [-0.2, -0.15) is 11.8 Å². The molecular weight excluding hydrogens is 304 g/mol. The van der Waals surface area contributed by atoms with Crippen LogP contribution in [0.25, 0.3) is 0 Å². The number of rotatable bonds is 6. The van der Waals surface area contributed by atoms with Crippen LogP contribution in [0.5, 0.6) is 0 Å². The summed E-state index contributed by atoms with van der Waals surface area (Å²) < 4.78 is 27.3. The van der Waals surface area contributed by atoms with Crippen molar-refractivity contribution < 1.29 is 8.42 Å². The summed E-state index contributed by atoms with van der Waals surface area (Å²) in [7, 11) is -1.50. The second kappa shape index (κ2) is 7.63. The van der Waals surface area contributed by atoms with Gasteiger partial charge in [-0.3, -0.25) is 0 Å². The fourth-order valence-corrected chi connectivity index (χ4v) is 4.78. The summed E-state index contributed by atoms with van der Waals surface area (Å²) in [6.07, 6.45) is 3.56. The van der Waals surface area contributed by atoms with E-state index >= 15 is 0 Å². The fraction of sp³-hybridized carbons (Fsp3) is 0.600. The van der Waals surface area contributed by atoms with Gasteiger partial charge in [0.25, 0.3) is 0 Å². The summed E-state index contributed by atoms with van der Waals surface area (Å²) in [5.74, 6) is 1.14. The topological polar surface area (TPSA) is 58.2 Å². The molecule has 4 nitrogen and oxygen atoms in total. The minimum absolute atomic E-state index is 0.216. The minimum atomic E-state index is -3.39. The average molecular weight is 329 g/mol. The molecule has 0 bridgehead atoms. The number of benzene rings is 1. The van der Waals surface area contributed by atoms with E-state index in [1.54, 1.807) is 12.1 Å². The Hall–Kier alpha value is -0.560. The van der Waals surface area contributed by atoms with Crippen LogP contribution in [0.2, 0.25) is 0 Å². The largest absolute Gasteiger partial charge is 0.313 e. The number of nitrogens with one attached hydrogen (secondary N) is 2. The van der Waals surface area contributed by atoms with Crippen molar-refractivity contribution in [2.75, 3.05) is 19.3 Å². The number of sulfonamides is 1. The molecule has 2 rings (SSSR count). The third-order valence-corrected chi connectivity index (χ3v) is 6.74. The van der Waals surface area contributed by atoms with Crippen molar-refractivity contribution in [2.24, 2.45) is 0 Å². The lowest BCUT2D eigenvalue weighted by atomic mass is 10.1. The molecule has 0 amide bonds. The maximum atomic E-state index is 12.3. The molecule has 0 aliphatic carbocycles. The Bertz CT molecular complexity index is 537. The van der Waals surface area contributed by atoms with Crippen molar-refractivity contribution >= 4 is 21.8 Å². The molecule has 1 heterocycles. The second-order valence-electron chi connectivity index (χ2n) is 5.42. The first-order valence-corrected chi connectivity index (χ1v) is 9.94. The van der Waals surface area contributed by atoms with Crippen molar-refractivity contribution in [3.63, 3.8) is 0 Å². The highest BCUT2D eigenvalue weighted by Gasteiger charge is 2.19. The van der Waals surface area contributed by atoms with Gasteiger partial charge in [0.2, 0.25) is 10.0 Å². The van der Waals surface area contributed by atoms with Crippen LogP contribution in [0.1, 0.15) is 37.8 Å². The Labute approximate surface area is 132 Å². The first-order valence-electron chi connectivity index (χ1n) is 7.41. The second-order valence-corrected chi connectivity index (χ2v) is 8.60. The molecule has 2 atom stereocenters. The molecule has 1 saturated heterocycles. The zero-order valence-corrected chi connectivity index (χ0v) is 14.3. The highest BCUT2D eigenvalue weighted by molar-refractivity contribution is 8.00. The van der Waals surface area contributed by atoms with Crippen LogP contribution in [-0.4, -0.2) is 33.0 Å².